The molecule has 3 nitrogen and oxygen atoms in total. The fourth-order valence-corrected chi connectivity index (χ4v) is 3.89. The molecule has 0 N–H and O–H groups in total. The summed E-state index contributed by atoms with van der Waals surface area (Å²) in [4.78, 5) is 4.84. The summed E-state index contributed by atoms with van der Waals surface area (Å²) in [5.41, 5.74) is 1.25. The zero-order valence-electron chi connectivity index (χ0n) is 16.1. The Hall–Kier alpha value is -2.43. The van der Waals surface area contributed by atoms with Crippen molar-refractivity contribution in [2.24, 2.45) is 0 Å². The fraction of sp³-hybridized carbons (Fsp3) is 0.261. The Labute approximate surface area is 159 Å². The number of pyridine rings is 1. The van der Waals surface area contributed by atoms with Gasteiger partial charge in [0.2, 0.25) is 0 Å². The molecule has 1 saturated heterocycles. The van der Waals surface area contributed by atoms with Gasteiger partial charge in [-0.2, -0.15) is 0 Å². The standard InChI is InChI=1S/C23H22BNO2/c1-22(2)23(3,4)27-24(26-22)15-13-20-18-11-6-5-9-16(18)17-10-7-8-12-19(17)21(20)25-14-15/h5-14H,1-4H3. The number of hydrogen-bond donors (Lipinski definition) is 0. The molecule has 0 saturated carbocycles. The SMILES string of the molecule is CC1(C)OB(c2cnc3c4ccccc4c4ccccc4c3c2)OC1(C)C. The molecule has 1 aliphatic heterocycles. The van der Waals surface area contributed by atoms with Crippen LogP contribution in [-0.2, 0) is 9.31 Å². The number of benzene rings is 3. The van der Waals surface area contributed by atoms with Gasteiger partial charge in [-0.15, -0.1) is 0 Å². The molecular formula is C23H22BNO2. The molecule has 1 aliphatic rings. The molecule has 0 atom stereocenters. The van der Waals surface area contributed by atoms with Gasteiger partial charge in [-0.05, 0) is 43.9 Å². The van der Waals surface area contributed by atoms with Gasteiger partial charge >= 0.3 is 7.12 Å². The first kappa shape index (κ1) is 16.7. The Morgan fingerprint density at radius 2 is 1.19 bits per heavy atom. The minimum Gasteiger partial charge on any atom is -0.399 e. The number of nitrogens with zero attached hydrogens (tertiary/aromatic N) is 1. The maximum absolute atomic E-state index is 6.24. The quantitative estimate of drug-likeness (QED) is 0.362. The highest BCUT2D eigenvalue weighted by atomic mass is 16.7. The van der Waals surface area contributed by atoms with E-state index >= 15 is 0 Å². The normalized spacial score (nSPS) is 18.6. The molecule has 134 valence electrons. The first-order chi connectivity index (χ1) is 12.9. The molecule has 0 bridgehead atoms. The summed E-state index contributed by atoms with van der Waals surface area (Å²) in [5, 5.41) is 5.99. The smallest absolute Gasteiger partial charge is 0.399 e. The van der Waals surface area contributed by atoms with Crippen molar-refractivity contribution in [1.29, 1.82) is 0 Å². The van der Waals surface area contributed by atoms with E-state index in [-0.39, 0.29) is 11.2 Å². The largest absolute Gasteiger partial charge is 0.496 e. The molecule has 4 aromatic rings. The summed E-state index contributed by atoms with van der Waals surface area (Å²) >= 11 is 0. The van der Waals surface area contributed by atoms with Crippen molar-refractivity contribution in [3.8, 4) is 0 Å². The minimum absolute atomic E-state index is 0.363. The molecule has 0 aliphatic carbocycles. The molecule has 1 fully saturated rings. The number of fused-ring (bicyclic) bond motifs is 6. The molecule has 0 unspecified atom stereocenters. The van der Waals surface area contributed by atoms with Gasteiger partial charge < -0.3 is 9.31 Å². The maximum Gasteiger partial charge on any atom is 0.496 e. The van der Waals surface area contributed by atoms with Crippen molar-refractivity contribution in [2.75, 3.05) is 0 Å². The number of rotatable bonds is 1. The van der Waals surface area contributed by atoms with Crippen molar-refractivity contribution >= 4 is 45.0 Å². The van der Waals surface area contributed by atoms with Crippen LogP contribution in [0.15, 0.2) is 60.8 Å². The van der Waals surface area contributed by atoms with Crippen LogP contribution in [-0.4, -0.2) is 23.3 Å². The average Bonchev–Trinajstić information content (AvgIpc) is 2.89. The lowest BCUT2D eigenvalue weighted by Gasteiger charge is -2.32. The molecule has 0 amide bonds. The van der Waals surface area contributed by atoms with Crippen LogP contribution in [0.1, 0.15) is 27.7 Å². The van der Waals surface area contributed by atoms with Gasteiger partial charge in [0.15, 0.2) is 0 Å². The van der Waals surface area contributed by atoms with E-state index in [2.05, 4.69) is 82.3 Å². The van der Waals surface area contributed by atoms with E-state index in [0.29, 0.717) is 0 Å². The summed E-state index contributed by atoms with van der Waals surface area (Å²) in [6.07, 6.45) is 1.89. The van der Waals surface area contributed by atoms with Crippen LogP contribution in [0.5, 0.6) is 0 Å². The molecule has 2 heterocycles. The molecule has 4 heteroatoms. The molecule has 0 spiro atoms. The predicted molar refractivity (Wildman–Crippen MR) is 112 cm³/mol. The van der Waals surface area contributed by atoms with Gasteiger partial charge in [-0.25, -0.2) is 0 Å². The Balaban J connectivity index is 1.78. The second kappa shape index (κ2) is 5.54. The predicted octanol–water partition coefficient (Wildman–Crippen LogP) is 4.84. The average molecular weight is 355 g/mol. The third-order valence-corrected chi connectivity index (χ3v) is 6.12. The molecule has 0 radical (unpaired) electrons. The van der Waals surface area contributed by atoms with E-state index in [4.69, 9.17) is 14.3 Å². The fourth-order valence-electron chi connectivity index (χ4n) is 3.89. The van der Waals surface area contributed by atoms with Gasteiger partial charge in [0.05, 0.1) is 16.7 Å². The third-order valence-electron chi connectivity index (χ3n) is 6.12. The lowest BCUT2D eigenvalue weighted by molar-refractivity contribution is 0.00578. The van der Waals surface area contributed by atoms with Crippen molar-refractivity contribution in [3.05, 3.63) is 60.8 Å². The molecule has 27 heavy (non-hydrogen) atoms. The number of aromatic nitrogens is 1. The monoisotopic (exact) mass is 355 g/mol. The van der Waals surface area contributed by atoms with Crippen molar-refractivity contribution < 1.29 is 9.31 Å². The minimum atomic E-state index is -0.405. The lowest BCUT2D eigenvalue weighted by Crippen LogP contribution is -2.41. The summed E-state index contributed by atoms with van der Waals surface area (Å²) in [7, 11) is -0.405. The summed E-state index contributed by atoms with van der Waals surface area (Å²) in [6, 6.07) is 19.2. The Kier molecular flexibility index (Phi) is 3.43. The number of hydrogen-bond acceptors (Lipinski definition) is 3. The van der Waals surface area contributed by atoms with E-state index in [0.717, 1.165) is 16.4 Å². The van der Waals surface area contributed by atoms with Gasteiger partial charge in [-0.1, -0.05) is 54.6 Å². The van der Waals surface area contributed by atoms with E-state index in [1.807, 2.05) is 6.20 Å². The van der Waals surface area contributed by atoms with Gasteiger partial charge in [0, 0.05) is 22.4 Å². The zero-order chi connectivity index (χ0) is 18.8. The highest BCUT2D eigenvalue weighted by Gasteiger charge is 2.51. The lowest BCUT2D eigenvalue weighted by atomic mass is 9.79. The summed E-state index contributed by atoms with van der Waals surface area (Å²) < 4.78 is 12.5. The van der Waals surface area contributed by atoms with Gasteiger partial charge in [-0.3, -0.25) is 4.98 Å². The van der Waals surface area contributed by atoms with Crippen LogP contribution in [0.4, 0.5) is 0 Å². The van der Waals surface area contributed by atoms with E-state index in [9.17, 15) is 0 Å². The van der Waals surface area contributed by atoms with Crippen molar-refractivity contribution in [1.82, 2.24) is 4.98 Å². The Bertz CT molecular complexity index is 1150. The first-order valence-corrected chi connectivity index (χ1v) is 9.42. The van der Waals surface area contributed by atoms with Crippen LogP contribution < -0.4 is 5.46 Å². The second-order valence-electron chi connectivity index (χ2n) is 8.34. The Morgan fingerprint density at radius 1 is 0.704 bits per heavy atom. The van der Waals surface area contributed by atoms with Crippen molar-refractivity contribution in [2.45, 2.75) is 38.9 Å². The van der Waals surface area contributed by atoms with Crippen LogP contribution in [0.2, 0.25) is 0 Å². The topological polar surface area (TPSA) is 31.4 Å². The Morgan fingerprint density at radius 3 is 1.78 bits per heavy atom. The maximum atomic E-state index is 6.24. The molecule has 1 aromatic heterocycles. The van der Waals surface area contributed by atoms with Crippen LogP contribution in [0, 0.1) is 0 Å². The van der Waals surface area contributed by atoms with Crippen LogP contribution in [0.25, 0.3) is 32.4 Å². The van der Waals surface area contributed by atoms with Crippen LogP contribution in [0.3, 0.4) is 0 Å². The molecule has 5 rings (SSSR count). The first-order valence-electron chi connectivity index (χ1n) is 9.42. The van der Waals surface area contributed by atoms with Crippen LogP contribution >= 0.6 is 0 Å². The summed E-state index contributed by atoms with van der Waals surface area (Å²) in [5.74, 6) is 0. The molecule has 3 aromatic carbocycles. The highest BCUT2D eigenvalue weighted by molar-refractivity contribution is 6.62. The third kappa shape index (κ3) is 2.40. The zero-order valence-corrected chi connectivity index (χ0v) is 16.1. The highest BCUT2D eigenvalue weighted by Crippen LogP contribution is 2.37. The summed E-state index contributed by atoms with van der Waals surface area (Å²) in [6.45, 7) is 8.30. The molecular weight excluding hydrogens is 333 g/mol. The van der Waals surface area contributed by atoms with Crippen molar-refractivity contribution in [3.63, 3.8) is 0 Å². The van der Waals surface area contributed by atoms with Gasteiger partial charge in [0.25, 0.3) is 0 Å². The van der Waals surface area contributed by atoms with E-state index in [1.165, 1.54) is 21.5 Å². The van der Waals surface area contributed by atoms with E-state index in [1.54, 1.807) is 0 Å². The van der Waals surface area contributed by atoms with Gasteiger partial charge in [0.1, 0.15) is 0 Å². The van der Waals surface area contributed by atoms with E-state index < -0.39 is 7.12 Å². The second-order valence-corrected chi connectivity index (χ2v) is 8.34.